The molecule has 3 heteroatoms. The Bertz CT molecular complexity index is 187. The van der Waals surface area contributed by atoms with Gasteiger partial charge in [-0.15, -0.1) is 0 Å². The second-order valence-electron chi connectivity index (χ2n) is 2.92. The van der Waals surface area contributed by atoms with Crippen molar-refractivity contribution >= 4 is 22.1 Å². The fraction of sp³-hybridized carbons (Fsp3) is 0.700. The van der Waals surface area contributed by atoms with E-state index < -0.39 is 0 Å². The monoisotopic (exact) mass is 247 g/mol. The molecule has 2 nitrogen and oxygen atoms in total. The summed E-state index contributed by atoms with van der Waals surface area (Å²) in [4.78, 5) is 3.92. The molecule has 0 aliphatic heterocycles. The van der Waals surface area contributed by atoms with E-state index in [2.05, 4.69) is 27.8 Å². The van der Waals surface area contributed by atoms with Crippen molar-refractivity contribution < 1.29 is 4.74 Å². The molecule has 0 saturated carbocycles. The highest BCUT2D eigenvalue weighted by molar-refractivity contribution is 9.12. The summed E-state index contributed by atoms with van der Waals surface area (Å²) in [5, 5.41) is 0. The number of ether oxygens (including phenoxy) is 1. The minimum absolute atomic E-state index is 0.687. The van der Waals surface area contributed by atoms with Gasteiger partial charge < -0.3 is 4.74 Å². The van der Waals surface area contributed by atoms with Crippen LogP contribution in [0.25, 0.3) is 0 Å². The average Bonchev–Trinajstić information content (AvgIpc) is 2.12. The molecule has 0 aliphatic rings. The van der Waals surface area contributed by atoms with Crippen molar-refractivity contribution in [2.24, 2.45) is 4.99 Å². The van der Waals surface area contributed by atoms with Crippen molar-refractivity contribution in [1.82, 2.24) is 0 Å². The highest BCUT2D eigenvalue weighted by Gasteiger charge is 1.95. The summed E-state index contributed by atoms with van der Waals surface area (Å²) in [5.41, 5.74) is 1.18. The lowest BCUT2D eigenvalue weighted by molar-refractivity contribution is 0.153. The molecular formula is C10H18BrNO. The molecule has 0 atom stereocenters. The van der Waals surface area contributed by atoms with Crippen LogP contribution >= 0.6 is 15.9 Å². The summed E-state index contributed by atoms with van der Waals surface area (Å²) in [5.74, 6) is 0. The second-order valence-corrected chi connectivity index (χ2v) is 3.78. The van der Waals surface area contributed by atoms with Gasteiger partial charge in [0.1, 0.15) is 0 Å². The SMILES string of the molecule is CCCCOC/C(C)=C(\Br)C=NC. The van der Waals surface area contributed by atoms with E-state index in [4.69, 9.17) is 4.74 Å². The molecule has 0 radical (unpaired) electrons. The van der Waals surface area contributed by atoms with E-state index in [9.17, 15) is 0 Å². The molecule has 0 aromatic rings. The normalized spacial score (nSPS) is 13.5. The van der Waals surface area contributed by atoms with Gasteiger partial charge in [0.25, 0.3) is 0 Å². The summed E-state index contributed by atoms with van der Waals surface area (Å²) in [7, 11) is 1.76. The van der Waals surface area contributed by atoms with Crippen molar-refractivity contribution in [1.29, 1.82) is 0 Å². The van der Waals surface area contributed by atoms with E-state index in [1.54, 1.807) is 13.3 Å². The Balaban J connectivity index is 3.71. The zero-order valence-electron chi connectivity index (χ0n) is 8.64. The van der Waals surface area contributed by atoms with Crippen molar-refractivity contribution in [3.63, 3.8) is 0 Å². The Morgan fingerprint density at radius 3 is 2.77 bits per heavy atom. The molecule has 0 heterocycles. The summed E-state index contributed by atoms with van der Waals surface area (Å²) in [6.45, 7) is 5.73. The van der Waals surface area contributed by atoms with E-state index in [1.165, 1.54) is 12.0 Å². The fourth-order valence-corrected chi connectivity index (χ4v) is 1.08. The molecule has 13 heavy (non-hydrogen) atoms. The quantitative estimate of drug-likeness (QED) is 0.522. The summed E-state index contributed by atoms with van der Waals surface area (Å²) >= 11 is 3.42. The number of allylic oxidation sites excluding steroid dienone is 1. The largest absolute Gasteiger partial charge is 0.377 e. The van der Waals surface area contributed by atoms with Crippen molar-refractivity contribution in [2.75, 3.05) is 20.3 Å². The average molecular weight is 248 g/mol. The third-order valence-corrected chi connectivity index (χ3v) is 2.49. The van der Waals surface area contributed by atoms with Gasteiger partial charge >= 0.3 is 0 Å². The highest BCUT2D eigenvalue weighted by Crippen LogP contribution is 2.09. The maximum absolute atomic E-state index is 5.45. The van der Waals surface area contributed by atoms with E-state index in [-0.39, 0.29) is 0 Å². The Labute approximate surface area is 89.2 Å². The summed E-state index contributed by atoms with van der Waals surface area (Å²) in [6, 6.07) is 0. The van der Waals surface area contributed by atoms with Crippen LogP contribution in [0, 0.1) is 0 Å². The van der Waals surface area contributed by atoms with Crippen LogP contribution < -0.4 is 0 Å². The van der Waals surface area contributed by atoms with E-state index in [1.807, 2.05) is 6.92 Å². The van der Waals surface area contributed by atoms with Crippen LogP contribution in [0.1, 0.15) is 26.7 Å². The molecule has 0 fully saturated rings. The first-order valence-electron chi connectivity index (χ1n) is 4.57. The lowest BCUT2D eigenvalue weighted by Crippen LogP contribution is -1.99. The molecule has 76 valence electrons. The molecule has 0 rings (SSSR count). The van der Waals surface area contributed by atoms with Gasteiger partial charge in [0, 0.05) is 24.4 Å². The van der Waals surface area contributed by atoms with Gasteiger partial charge in [-0.05, 0) is 34.8 Å². The number of unbranched alkanes of at least 4 members (excludes halogenated alkanes) is 1. The van der Waals surface area contributed by atoms with Crippen LogP contribution in [0.2, 0.25) is 0 Å². The molecule has 0 aromatic carbocycles. The number of aliphatic imine (C=N–C) groups is 1. The second kappa shape index (κ2) is 8.45. The first kappa shape index (κ1) is 12.8. The molecule has 0 N–H and O–H groups in total. The van der Waals surface area contributed by atoms with Crippen LogP contribution in [-0.4, -0.2) is 26.5 Å². The maximum atomic E-state index is 5.45. The van der Waals surface area contributed by atoms with Gasteiger partial charge in [-0.3, -0.25) is 4.99 Å². The van der Waals surface area contributed by atoms with Crippen LogP contribution in [0.15, 0.2) is 15.0 Å². The molecular weight excluding hydrogens is 230 g/mol. The molecule has 0 aromatic heterocycles. The van der Waals surface area contributed by atoms with Gasteiger partial charge in [0.15, 0.2) is 0 Å². The van der Waals surface area contributed by atoms with E-state index in [0.29, 0.717) is 6.61 Å². The van der Waals surface area contributed by atoms with Crippen LogP contribution in [0.5, 0.6) is 0 Å². The molecule has 0 bridgehead atoms. The van der Waals surface area contributed by atoms with Gasteiger partial charge in [-0.1, -0.05) is 13.3 Å². The minimum atomic E-state index is 0.687. The lowest BCUT2D eigenvalue weighted by Gasteiger charge is -2.04. The molecule has 0 spiro atoms. The zero-order chi connectivity index (χ0) is 10.1. The number of nitrogens with zero attached hydrogens (tertiary/aromatic N) is 1. The third-order valence-electron chi connectivity index (χ3n) is 1.61. The summed E-state index contributed by atoms with van der Waals surface area (Å²) in [6.07, 6.45) is 4.10. The first-order chi connectivity index (χ1) is 6.22. The Kier molecular flexibility index (Phi) is 8.35. The van der Waals surface area contributed by atoms with Gasteiger partial charge in [-0.25, -0.2) is 0 Å². The molecule has 0 saturated heterocycles. The van der Waals surface area contributed by atoms with Crippen molar-refractivity contribution in [3.05, 3.63) is 10.1 Å². The highest BCUT2D eigenvalue weighted by atomic mass is 79.9. The van der Waals surface area contributed by atoms with E-state index in [0.717, 1.165) is 17.5 Å². The van der Waals surface area contributed by atoms with Gasteiger partial charge in [-0.2, -0.15) is 0 Å². The Morgan fingerprint density at radius 2 is 2.23 bits per heavy atom. The van der Waals surface area contributed by atoms with Crippen LogP contribution in [0.3, 0.4) is 0 Å². The third kappa shape index (κ3) is 6.96. The van der Waals surface area contributed by atoms with Crippen LogP contribution in [0.4, 0.5) is 0 Å². The fourth-order valence-electron chi connectivity index (χ4n) is 0.764. The maximum Gasteiger partial charge on any atom is 0.0688 e. The molecule has 0 amide bonds. The lowest BCUT2D eigenvalue weighted by atomic mass is 10.3. The number of hydrogen-bond donors (Lipinski definition) is 0. The number of hydrogen-bond acceptors (Lipinski definition) is 2. The Morgan fingerprint density at radius 1 is 1.54 bits per heavy atom. The molecule has 0 aliphatic carbocycles. The zero-order valence-corrected chi connectivity index (χ0v) is 10.2. The van der Waals surface area contributed by atoms with E-state index >= 15 is 0 Å². The number of halogens is 1. The Hall–Kier alpha value is -0.150. The van der Waals surface area contributed by atoms with Gasteiger partial charge in [0.05, 0.1) is 6.61 Å². The van der Waals surface area contributed by atoms with Gasteiger partial charge in [0.2, 0.25) is 0 Å². The summed E-state index contributed by atoms with van der Waals surface area (Å²) < 4.78 is 6.47. The predicted molar refractivity (Wildman–Crippen MR) is 61.8 cm³/mol. The van der Waals surface area contributed by atoms with Crippen molar-refractivity contribution in [2.45, 2.75) is 26.7 Å². The smallest absolute Gasteiger partial charge is 0.0688 e. The molecule has 0 unspecified atom stereocenters. The topological polar surface area (TPSA) is 21.6 Å². The van der Waals surface area contributed by atoms with Crippen LogP contribution in [-0.2, 0) is 4.74 Å². The predicted octanol–water partition coefficient (Wildman–Crippen LogP) is 3.17. The minimum Gasteiger partial charge on any atom is -0.377 e. The number of rotatable bonds is 6. The van der Waals surface area contributed by atoms with Crippen molar-refractivity contribution in [3.8, 4) is 0 Å². The standard InChI is InChI=1S/C10H18BrNO/c1-4-5-6-13-8-9(2)10(11)7-12-3/h7H,4-6,8H2,1-3H3/b10-9-,12-7?. The first-order valence-corrected chi connectivity index (χ1v) is 5.36.